The SMILES string of the molecule is CC.CNCC1CC1.COc1ccc2c3c1OC1C3C(CC2)CCC1(OC)OC. The van der Waals surface area contributed by atoms with Gasteiger partial charge in [-0.25, -0.2) is 0 Å². The first-order chi connectivity index (χ1) is 14.2. The van der Waals surface area contributed by atoms with Crippen LogP contribution >= 0.6 is 0 Å². The molecule has 4 aliphatic rings. The number of aryl methyl sites for hydroxylation is 1. The third kappa shape index (κ3) is 4.14. The van der Waals surface area contributed by atoms with Crippen LogP contribution in [0.4, 0.5) is 0 Å². The highest BCUT2D eigenvalue weighted by Gasteiger charge is 2.58. The number of benzene rings is 1. The normalized spacial score (nSPS) is 27.4. The van der Waals surface area contributed by atoms with Crippen molar-refractivity contribution in [1.82, 2.24) is 5.32 Å². The molecule has 1 aliphatic heterocycles. The van der Waals surface area contributed by atoms with E-state index in [1.165, 1.54) is 36.9 Å². The van der Waals surface area contributed by atoms with Crippen LogP contribution in [0.1, 0.15) is 63.0 Å². The monoisotopic (exact) mass is 405 g/mol. The van der Waals surface area contributed by atoms with Crippen molar-refractivity contribution in [2.45, 2.75) is 70.2 Å². The van der Waals surface area contributed by atoms with Crippen LogP contribution in [-0.4, -0.2) is 46.8 Å². The molecule has 3 aliphatic carbocycles. The maximum atomic E-state index is 6.35. The summed E-state index contributed by atoms with van der Waals surface area (Å²) in [4.78, 5) is 0. The van der Waals surface area contributed by atoms with Crippen molar-refractivity contribution >= 4 is 0 Å². The second-order valence-corrected chi connectivity index (χ2v) is 8.29. The smallest absolute Gasteiger partial charge is 0.205 e. The summed E-state index contributed by atoms with van der Waals surface area (Å²) < 4.78 is 23.4. The van der Waals surface area contributed by atoms with E-state index < -0.39 is 5.79 Å². The minimum atomic E-state index is -0.639. The van der Waals surface area contributed by atoms with E-state index in [2.05, 4.69) is 11.4 Å². The molecular weight excluding hydrogens is 366 g/mol. The molecule has 1 aromatic rings. The van der Waals surface area contributed by atoms with Gasteiger partial charge in [-0.1, -0.05) is 19.9 Å². The maximum absolute atomic E-state index is 6.35. The van der Waals surface area contributed by atoms with Gasteiger partial charge in [-0.2, -0.15) is 0 Å². The Balaban J connectivity index is 0.000000256. The van der Waals surface area contributed by atoms with Gasteiger partial charge < -0.3 is 24.3 Å². The molecule has 3 atom stereocenters. The Kier molecular flexibility index (Phi) is 7.47. The van der Waals surface area contributed by atoms with E-state index in [9.17, 15) is 0 Å². The van der Waals surface area contributed by atoms with Gasteiger partial charge in [0.1, 0.15) is 0 Å². The van der Waals surface area contributed by atoms with E-state index in [-0.39, 0.29) is 6.10 Å². The summed E-state index contributed by atoms with van der Waals surface area (Å²) >= 11 is 0. The molecule has 1 heterocycles. The van der Waals surface area contributed by atoms with Crippen LogP contribution in [0.3, 0.4) is 0 Å². The maximum Gasteiger partial charge on any atom is 0.205 e. The van der Waals surface area contributed by atoms with Gasteiger partial charge in [-0.05, 0) is 69.2 Å². The van der Waals surface area contributed by atoms with Gasteiger partial charge in [0, 0.05) is 32.1 Å². The molecule has 164 valence electrons. The van der Waals surface area contributed by atoms with Crippen molar-refractivity contribution in [1.29, 1.82) is 0 Å². The number of hydrogen-bond donors (Lipinski definition) is 1. The molecule has 2 fully saturated rings. The summed E-state index contributed by atoms with van der Waals surface area (Å²) in [6.45, 7) is 5.24. The van der Waals surface area contributed by atoms with Crippen LogP contribution in [0.15, 0.2) is 12.1 Å². The van der Waals surface area contributed by atoms with Gasteiger partial charge in [-0.15, -0.1) is 0 Å². The summed E-state index contributed by atoms with van der Waals surface area (Å²) in [7, 11) is 7.15. The Morgan fingerprint density at radius 1 is 1.07 bits per heavy atom. The van der Waals surface area contributed by atoms with Crippen LogP contribution < -0.4 is 14.8 Å². The van der Waals surface area contributed by atoms with Gasteiger partial charge >= 0.3 is 0 Å². The molecule has 1 aromatic carbocycles. The average Bonchev–Trinajstić information content (AvgIpc) is 3.51. The van der Waals surface area contributed by atoms with Crippen molar-refractivity contribution in [3.63, 3.8) is 0 Å². The van der Waals surface area contributed by atoms with Gasteiger partial charge in [0.15, 0.2) is 17.6 Å². The quantitative estimate of drug-likeness (QED) is 0.730. The highest BCUT2D eigenvalue weighted by Crippen LogP contribution is 2.59. The van der Waals surface area contributed by atoms with E-state index in [1.54, 1.807) is 21.3 Å². The van der Waals surface area contributed by atoms with E-state index in [0.717, 1.165) is 36.7 Å². The molecular formula is C24H39NO4. The van der Waals surface area contributed by atoms with Crippen LogP contribution in [-0.2, 0) is 15.9 Å². The predicted octanol–water partition coefficient (Wildman–Crippen LogP) is 4.53. The first-order valence-electron chi connectivity index (χ1n) is 11.3. The molecule has 0 aromatic heterocycles. The van der Waals surface area contributed by atoms with Crippen molar-refractivity contribution < 1.29 is 18.9 Å². The highest BCUT2D eigenvalue weighted by molar-refractivity contribution is 5.57. The number of nitrogens with one attached hydrogen (secondary N) is 1. The standard InChI is InChI=1S/C17H22O4.C5H11N.C2H6/c1-18-12-7-6-10-4-5-11-8-9-17(19-2,20-3)16-14(11)13(10)15(12)21-16;1-6-4-5-2-3-5;1-2/h6-7,11,14,16H,4-5,8-9H2,1-3H3;5-6H,2-4H2,1H3;1-2H3. The lowest BCUT2D eigenvalue weighted by Crippen LogP contribution is -2.55. The second-order valence-electron chi connectivity index (χ2n) is 8.29. The lowest BCUT2D eigenvalue weighted by molar-refractivity contribution is -0.272. The molecule has 0 bridgehead atoms. The van der Waals surface area contributed by atoms with E-state index in [1.807, 2.05) is 27.0 Å². The fourth-order valence-corrected chi connectivity index (χ4v) is 5.19. The van der Waals surface area contributed by atoms with Gasteiger partial charge in [-0.3, -0.25) is 0 Å². The lowest BCUT2D eigenvalue weighted by Gasteiger charge is -2.46. The number of rotatable bonds is 5. The minimum Gasteiger partial charge on any atom is -0.493 e. The molecule has 2 saturated carbocycles. The average molecular weight is 406 g/mol. The van der Waals surface area contributed by atoms with Crippen LogP contribution in [0.2, 0.25) is 0 Å². The third-order valence-electron chi connectivity index (χ3n) is 6.84. The van der Waals surface area contributed by atoms with Crippen LogP contribution in [0.25, 0.3) is 0 Å². The van der Waals surface area contributed by atoms with Crippen molar-refractivity contribution in [2.75, 3.05) is 34.9 Å². The van der Waals surface area contributed by atoms with Crippen molar-refractivity contribution in [3.05, 3.63) is 23.3 Å². The molecule has 5 nitrogen and oxygen atoms in total. The molecule has 5 rings (SSSR count). The van der Waals surface area contributed by atoms with Gasteiger partial charge in [0.25, 0.3) is 0 Å². The molecule has 0 radical (unpaired) electrons. The zero-order chi connectivity index (χ0) is 21.0. The van der Waals surface area contributed by atoms with Crippen molar-refractivity contribution in [2.24, 2.45) is 11.8 Å². The predicted molar refractivity (Wildman–Crippen MR) is 116 cm³/mol. The number of hydrogen-bond acceptors (Lipinski definition) is 5. The zero-order valence-electron chi connectivity index (χ0n) is 19.0. The summed E-state index contributed by atoms with van der Waals surface area (Å²) in [6.07, 6.45) is 7.22. The Bertz CT molecular complexity index is 669. The third-order valence-corrected chi connectivity index (χ3v) is 6.84. The largest absolute Gasteiger partial charge is 0.493 e. The lowest BCUT2D eigenvalue weighted by atomic mass is 9.66. The molecule has 29 heavy (non-hydrogen) atoms. The number of ether oxygens (including phenoxy) is 4. The van der Waals surface area contributed by atoms with Crippen LogP contribution in [0, 0.1) is 11.8 Å². The summed E-state index contributed by atoms with van der Waals surface area (Å²) in [6, 6.07) is 4.21. The fourth-order valence-electron chi connectivity index (χ4n) is 5.19. The summed E-state index contributed by atoms with van der Waals surface area (Å²) in [5.74, 6) is 3.16. The summed E-state index contributed by atoms with van der Waals surface area (Å²) in [5.41, 5.74) is 2.74. The van der Waals surface area contributed by atoms with Crippen LogP contribution in [0.5, 0.6) is 11.5 Å². The topological polar surface area (TPSA) is 49.0 Å². The Morgan fingerprint density at radius 3 is 2.34 bits per heavy atom. The minimum absolute atomic E-state index is 0.0726. The van der Waals surface area contributed by atoms with E-state index in [4.69, 9.17) is 18.9 Å². The Morgan fingerprint density at radius 2 is 1.79 bits per heavy atom. The molecule has 5 heteroatoms. The Hall–Kier alpha value is -1.30. The van der Waals surface area contributed by atoms with E-state index in [0.29, 0.717) is 11.8 Å². The second kappa shape index (κ2) is 9.67. The molecule has 0 spiro atoms. The molecule has 1 N–H and O–H groups in total. The summed E-state index contributed by atoms with van der Waals surface area (Å²) in [5, 5.41) is 3.13. The fraction of sp³-hybridized carbons (Fsp3) is 0.750. The number of methoxy groups -OCH3 is 3. The van der Waals surface area contributed by atoms with Gasteiger partial charge in [0.2, 0.25) is 5.79 Å². The first kappa shape index (κ1) is 22.4. The van der Waals surface area contributed by atoms with Crippen molar-refractivity contribution in [3.8, 4) is 11.5 Å². The Labute approximate surface area is 176 Å². The highest BCUT2D eigenvalue weighted by atomic mass is 16.7. The molecule has 3 unspecified atom stereocenters. The molecule has 0 amide bonds. The van der Waals surface area contributed by atoms with Gasteiger partial charge in [0.05, 0.1) is 7.11 Å². The zero-order valence-corrected chi connectivity index (χ0v) is 19.0. The van der Waals surface area contributed by atoms with E-state index >= 15 is 0 Å². The molecule has 0 saturated heterocycles. The first-order valence-corrected chi connectivity index (χ1v) is 11.3.